The molecule has 0 aromatic heterocycles. The van der Waals surface area contributed by atoms with E-state index in [2.05, 4.69) is 34.1 Å². The van der Waals surface area contributed by atoms with E-state index in [0.717, 1.165) is 44.7 Å². The minimum absolute atomic E-state index is 0.184. The average Bonchev–Trinajstić information content (AvgIpc) is 3.21. The van der Waals surface area contributed by atoms with Gasteiger partial charge in [0, 0.05) is 25.7 Å². The summed E-state index contributed by atoms with van der Waals surface area (Å²) in [5.41, 5.74) is 4.63. The number of nitrogens with zero attached hydrogens (tertiary/aromatic N) is 2. The number of benzene rings is 2. The number of aliphatic hydroxyl groups excluding tert-OH is 1. The molecule has 35 heavy (non-hydrogen) atoms. The maximum Gasteiger partial charge on any atom is 0.414 e. The van der Waals surface area contributed by atoms with Gasteiger partial charge in [-0.3, -0.25) is 9.80 Å². The number of piperidine rings is 2. The molecule has 2 aromatic carbocycles. The minimum atomic E-state index is -1.82. The fraction of sp³-hybridized carbons (Fsp3) is 0.481. The maximum atomic E-state index is 13.2. The molecule has 2 fully saturated rings. The summed E-state index contributed by atoms with van der Waals surface area (Å²) in [5, 5.41) is 25.5. The summed E-state index contributed by atoms with van der Waals surface area (Å²) >= 11 is 0. The molecule has 2 atom stereocenters. The van der Waals surface area contributed by atoms with E-state index in [9.17, 15) is 9.50 Å². The van der Waals surface area contributed by atoms with Gasteiger partial charge in [-0.15, -0.1) is 0 Å². The zero-order valence-electron chi connectivity index (χ0n) is 19.8. The van der Waals surface area contributed by atoms with Crippen LogP contribution in [0.5, 0.6) is 0 Å². The first-order chi connectivity index (χ1) is 16.8. The molecule has 2 heterocycles. The van der Waals surface area contributed by atoms with E-state index >= 15 is 0 Å². The van der Waals surface area contributed by atoms with Crippen molar-refractivity contribution in [3.05, 3.63) is 71.0 Å². The van der Waals surface area contributed by atoms with Gasteiger partial charge in [0.15, 0.2) is 0 Å². The Bertz CT molecular complexity index is 1020. The molecule has 2 aliphatic heterocycles. The predicted molar refractivity (Wildman–Crippen MR) is 129 cm³/mol. The van der Waals surface area contributed by atoms with Crippen LogP contribution in [0.15, 0.2) is 48.5 Å². The van der Waals surface area contributed by atoms with Gasteiger partial charge in [0.25, 0.3) is 0 Å². The molecule has 3 N–H and O–H groups in total. The van der Waals surface area contributed by atoms with Crippen molar-refractivity contribution >= 4 is 11.9 Å². The molecule has 7 nitrogen and oxygen atoms in total. The molecule has 0 radical (unpaired) electrons. The summed E-state index contributed by atoms with van der Waals surface area (Å²) in [4.78, 5) is 23.2. The second-order valence-corrected chi connectivity index (χ2v) is 9.87. The normalized spacial score (nSPS) is 23.8. The zero-order chi connectivity index (χ0) is 25.0. The molecular weight excluding hydrogens is 451 g/mol. The molecule has 0 bridgehead atoms. The van der Waals surface area contributed by atoms with Gasteiger partial charge in [-0.25, -0.2) is 14.0 Å². The van der Waals surface area contributed by atoms with Gasteiger partial charge >= 0.3 is 11.9 Å². The second kappa shape index (κ2) is 10.8. The smallest absolute Gasteiger partial charge is 0.414 e. The van der Waals surface area contributed by atoms with Crippen LogP contribution in [0.4, 0.5) is 4.39 Å². The Labute approximate surface area is 204 Å². The number of carboxylic acids is 2. The molecule has 2 aromatic rings. The third-order valence-electron chi connectivity index (χ3n) is 7.82. The fourth-order valence-corrected chi connectivity index (χ4v) is 5.90. The third-order valence-corrected chi connectivity index (χ3v) is 7.82. The number of aryl methyl sites for hydroxylation is 1. The number of hydrogen-bond acceptors (Lipinski definition) is 5. The molecule has 8 heteroatoms. The van der Waals surface area contributed by atoms with Gasteiger partial charge in [-0.2, -0.15) is 0 Å². The number of likely N-dealkylation sites (tertiary alicyclic amines) is 2. The van der Waals surface area contributed by atoms with Crippen LogP contribution in [0.3, 0.4) is 0 Å². The SMILES string of the molecule is O=C(O)C(=O)O.OC1CCN(Cc2ccc(F)cc2)CC1N1CCC2(CCc3ccccc32)CC1. The van der Waals surface area contributed by atoms with Gasteiger partial charge in [0.2, 0.25) is 0 Å². The van der Waals surface area contributed by atoms with Crippen LogP contribution in [0.25, 0.3) is 0 Å². The number of rotatable bonds is 3. The lowest BCUT2D eigenvalue weighted by Crippen LogP contribution is -2.57. The maximum absolute atomic E-state index is 13.2. The monoisotopic (exact) mass is 484 g/mol. The summed E-state index contributed by atoms with van der Waals surface area (Å²) in [6, 6.07) is 16.0. The summed E-state index contributed by atoms with van der Waals surface area (Å²) in [7, 11) is 0. The van der Waals surface area contributed by atoms with Crippen LogP contribution in [0.1, 0.15) is 42.4 Å². The Morgan fingerprint density at radius 1 is 0.943 bits per heavy atom. The first-order valence-electron chi connectivity index (χ1n) is 12.2. The Morgan fingerprint density at radius 2 is 1.60 bits per heavy atom. The Hall–Kier alpha value is -2.81. The van der Waals surface area contributed by atoms with Crippen LogP contribution in [0, 0.1) is 5.82 Å². The number of hydrogen-bond donors (Lipinski definition) is 3. The van der Waals surface area contributed by atoms with E-state index in [0.29, 0.717) is 5.41 Å². The molecule has 5 rings (SSSR count). The second-order valence-electron chi connectivity index (χ2n) is 9.87. The Kier molecular flexibility index (Phi) is 7.84. The van der Waals surface area contributed by atoms with Crippen molar-refractivity contribution in [2.45, 2.75) is 56.2 Å². The topological polar surface area (TPSA) is 101 Å². The lowest BCUT2D eigenvalue weighted by atomic mass is 9.73. The van der Waals surface area contributed by atoms with Crippen molar-refractivity contribution < 1.29 is 29.3 Å². The highest BCUT2D eigenvalue weighted by atomic mass is 19.1. The Morgan fingerprint density at radius 3 is 2.26 bits per heavy atom. The number of fused-ring (bicyclic) bond motifs is 2. The van der Waals surface area contributed by atoms with Crippen molar-refractivity contribution in [3.63, 3.8) is 0 Å². The van der Waals surface area contributed by atoms with Crippen LogP contribution < -0.4 is 0 Å². The average molecular weight is 485 g/mol. The molecule has 3 aliphatic rings. The number of aliphatic carboxylic acids is 2. The minimum Gasteiger partial charge on any atom is -0.473 e. The van der Waals surface area contributed by atoms with E-state index in [1.54, 1.807) is 11.1 Å². The molecular formula is C27H33FN2O5. The van der Waals surface area contributed by atoms with Gasteiger partial charge in [-0.05, 0) is 79.4 Å². The first-order valence-corrected chi connectivity index (χ1v) is 12.2. The largest absolute Gasteiger partial charge is 0.473 e. The van der Waals surface area contributed by atoms with Gasteiger partial charge in [0.05, 0.1) is 6.10 Å². The van der Waals surface area contributed by atoms with Crippen LogP contribution >= 0.6 is 0 Å². The number of aliphatic hydroxyl groups is 1. The molecule has 2 saturated heterocycles. The molecule has 0 amide bonds. The summed E-state index contributed by atoms with van der Waals surface area (Å²) in [5.74, 6) is -3.83. The predicted octanol–water partition coefficient (Wildman–Crippen LogP) is 2.90. The number of carboxylic acid groups (broad SMARTS) is 2. The lowest BCUT2D eigenvalue weighted by Gasteiger charge is -2.47. The lowest BCUT2D eigenvalue weighted by molar-refractivity contribution is -0.159. The van der Waals surface area contributed by atoms with E-state index in [1.807, 2.05) is 12.1 Å². The highest BCUT2D eigenvalue weighted by molar-refractivity contribution is 6.27. The van der Waals surface area contributed by atoms with Crippen molar-refractivity contribution in [2.75, 3.05) is 26.2 Å². The summed E-state index contributed by atoms with van der Waals surface area (Å²) in [6.07, 6.45) is 5.47. The molecule has 0 saturated carbocycles. The number of halogens is 1. The van der Waals surface area contributed by atoms with Crippen LogP contribution in [-0.2, 0) is 28.0 Å². The Balaban J connectivity index is 0.000000431. The molecule has 2 unspecified atom stereocenters. The molecule has 1 spiro atoms. The van der Waals surface area contributed by atoms with Crippen LogP contribution in [-0.4, -0.2) is 75.4 Å². The van der Waals surface area contributed by atoms with Crippen molar-refractivity contribution in [1.29, 1.82) is 0 Å². The van der Waals surface area contributed by atoms with Crippen LogP contribution in [0.2, 0.25) is 0 Å². The van der Waals surface area contributed by atoms with Gasteiger partial charge in [0.1, 0.15) is 5.82 Å². The fourth-order valence-electron chi connectivity index (χ4n) is 5.90. The molecule has 188 valence electrons. The van der Waals surface area contributed by atoms with E-state index < -0.39 is 11.9 Å². The highest BCUT2D eigenvalue weighted by Crippen LogP contribution is 2.46. The summed E-state index contributed by atoms with van der Waals surface area (Å²) < 4.78 is 13.2. The van der Waals surface area contributed by atoms with Crippen molar-refractivity contribution in [3.8, 4) is 0 Å². The van der Waals surface area contributed by atoms with E-state index in [1.165, 1.54) is 37.8 Å². The van der Waals surface area contributed by atoms with Gasteiger partial charge in [-0.1, -0.05) is 36.4 Å². The third kappa shape index (κ3) is 5.89. The van der Waals surface area contributed by atoms with Gasteiger partial charge < -0.3 is 15.3 Å². The zero-order valence-corrected chi connectivity index (χ0v) is 19.8. The summed E-state index contributed by atoms with van der Waals surface area (Å²) in [6.45, 7) is 4.76. The van der Waals surface area contributed by atoms with E-state index in [4.69, 9.17) is 19.8 Å². The quantitative estimate of drug-likeness (QED) is 0.576. The molecule has 1 aliphatic carbocycles. The first kappa shape index (κ1) is 25.3. The van der Waals surface area contributed by atoms with Crippen molar-refractivity contribution in [1.82, 2.24) is 9.80 Å². The highest BCUT2D eigenvalue weighted by Gasteiger charge is 2.43. The standard InChI is InChI=1S/C25H31FN2O.C2H2O4/c26-21-7-5-19(6-8-21)17-27-14-10-24(29)23(18-27)28-15-12-25(13-16-28)11-9-20-3-1-2-4-22(20)25;3-1(4)2(5)6/h1-8,23-24,29H,9-18H2;(H,3,4)(H,5,6). The van der Waals surface area contributed by atoms with Crippen molar-refractivity contribution in [2.24, 2.45) is 0 Å². The van der Waals surface area contributed by atoms with E-state index in [-0.39, 0.29) is 18.0 Å². The number of carbonyl (C=O) groups is 2.